The van der Waals surface area contributed by atoms with E-state index in [-0.39, 0.29) is 28.0 Å². The highest BCUT2D eigenvalue weighted by Gasteiger charge is 2.57. The number of rotatable bonds is 8. The molecule has 0 saturated heterocycles. The van der Waals surface area contributed by atoms with Crippen LogP contribution in [0.4, 0.5) is 9.59 Å². The standard InChI is InChI=1S/C22H36O3.2CH3NO2/c1-9-18(23)11-13-21(7)17(4)10-12-20(5,6)22(21,8)14-15-25-19(24)16(2)3;2*2-1(3)4/h9,17H,1-2,10-15H2,3-8H3;2*2H2,(H,3,4). The van der Waals surface area contributed by atoms with E-state index in [1.54, 1.807) is 6.92 Å². The average molecular weight is 471 g/mol. The Morgan fingerprint density at radius 2 is 1.52 bits per heavy atom. The monoisotopic (exact) mass is 470 g/mol. The maximum absolute atomic E-state index is 11.9. The lowest BCUT2D eigenvalue weighted by molar-refractivity contribution is -0.154. The fraction of sp³-hybridized carbons (Fsp3) is 0.667. The Labute approximate surface area is 197 Å². The number of hydrogen-bond acceptors (Lipinski definition) is 5. The van der Waals surface area contributed by atoms with E-state index in [0.717, 1.165) is 25.7 Å². The van der Waals surface area contributed by atoms with Gasteiger partial charge in [0.05, 0.1) is 6.61 Å². The van der Waals surface area contributed by atoms with E-state index in [4.69, 9.17) is 24.5 Å². The first-order valence-corrected chi connectivity index (χ1v) is 10.8. The number of carbonyl (C=O) groups is 4. The predicted molar refractivity (Wildman–Crippen MR) is 128 cm³/mol. The van der Waals surface area contributed by atoms with Gasteiger partial charge in [-0.2, -0.15) is 0 Å². The van der Waals surface area contributed by atoms with Crippen LogP contribution >= 0.6 is 0 Å². The molecule has 9 nitrogen and oxygen atoms in total. The molecule has 1 aliphatic rings. The molecular formula is C24H42N2O7. The summed E-state index contributed by atoms with van der Waals surface area (Å²) in [5, 5.41) is 14.4. The number of amides is 2. The van der Waals surface area contributed by atoms with Crippen molar-refractivity contribution in [3.8, 4) is 0 Å². The van der Waals surface area contributed by atoms with E-state index in [1.807, 2.05) is 0 Å². The molecule has 0 aromatic carbocycles. The molecule has 1 saturated carbocycles. The molecule has 0 radical (unpaired) electrons. The Bertz CT molecular complexity index is 712. The Hall–Kier alpha value is -2.84. The van der Waals surface area contributed by atoms with Crippen molar-refractivity contribution in [1.82, 2.24) is 0 Å². The van der Waals surface area contributed by atoms with Gasteiger partial charge in [-0.15, -0.1) is 0 Å². The second kappa shape index (κ2) is 13.6. The third-order valence-corrected chi connectivity index (χ3v) is 7.35. The zero-order valence-corrected chi connectivity index (χ0v) is 20.9. The van der Waals surface area contributed by atoms with E-state index in [1.165, 1.54) is 6.08 Å². The summed E-state index contributed by atoms with van der Waals surface area (Å²) in [7, 11) is 0. The summed E-state index contributed by atoms with van der Waals surface area (Å²) in [6.45, 7) is 20.9. The fourth-order valence-electron chi connectivity index (χ4n) is 4.59. The van der Waals surface area contributed by atoms with Crippen molar-refractivity contribution >= 4 is 23.9 Å². The topological polar surface area (TPSA) is 170 Å². The average Bonchev–Trinajstić information content (AvgIpc) is 2.67. The van der Waals surface area contributed by atoms with E-state index in [0.29, 0.717) is 24.5 Å². The molecule has 3 atom stereocenters. The van der Waals surface area contributed by atoms with Gasteiger partial charge in [0.2, 0.25) is 0 Å². The second-order valence-corrected chi connectivity index (χ2v) is 9.59. The van der Waals surface area contributed by atoms with E-state index in [9.17, 15) is 9.59 Å². The number of esters is 1. The molecule has 1 aliphatic carbocycles. The summed E-state index contributed by atoms with van der Waals surface area (Å²) in [5.41, 5.74) is 8.57. The van der Waals surface area contributed by atoms with Crippen LogP contribution in [0.25, 0.3) is 0 Å². The molecule has 0 spiro atoms. The van der Waals surface area contributed by atoms with Crippen molar-refractivity contribution < 1.29 is 34.1 Å². The third-order valence-electron chi connectivity index (χ3n) is 7.35. The smallest absolute Gasteiger partial charge is 0.402 e. The zero-order chi connectivity index (χ0) is 26.6. The van der Waals surface area contributed by atoms with E-state index >= 15 is 0 Å². The molecule has 9 heteroatoms. The minimum absolute atomic E-state index is 0.00303. The summed E-state index contributed by atoms with van der Waals surface area (Å²) in [6.07, 6.45) is 3.22. The van der Waals surface area contributed by atoms with Gasteiger partial charge in [-0.1, -0.05) is 47.8 Å². The van der Waals surface area contributed by atoms with Crippen molar-refractivity contribution in [2.75, 3.05) is 6.61 Å². The largest absolute Gasteiger partial charge is 0.465 e. The molecule has 33 heavy (non-hydrogen) atoms. The van der Waals surface area contributed by atoms with Crippen molar-refractivity contribution in [2.45, 2.75) is 73.6 Å². The van der Waals surface area contributed by atoms with E-state index < -0.39 is 12.2 Å². The van der Waals surface area contributed by atoms with Gasteiger partial charge in [-0.25, -0.2) is 14.4 Å². The van der Waals surface area contributed by atoms with Crippen LogP contribution in [0, 0.1) is 22.2 Å². The van der Waals surface area contributed by atoms with Crippen molar-refractivity contribution in [1.29, 1.82) is 0 Å². The second-order valence-electron chi connectivity index (χ2n) is 9.59. The molecule has 3 unspecified atom stereocenters. The summed E-state index contributed by atoms with van der Waals surface area (Å²) in [6, 6.07) is 0. The van der Waals surface area contributed by atoms with Crippen LogP contribution in [0.2, 0.25) is 0 Å². The number of carboxylic acid groups (broad SMARTS) is 2. The number of hydrogen-bond donors (Lipinski definition) is 4. The number of nitrogens with two attached hydrogens (primary N) is 2. The quantitative estimate of drug-likeness (QED) is 0.293. The van der Waals surface area contributed by atoms with E-state index in [2.05, 4.69) is 59.2 Å². The van der Waals surface area contributed by atoms with Gasteiger partial charge in [-0.05, 0) is 60.8 Å². The van der Waals surface area contributed by atoms with Crippen LogP contribution in [0.3, 0.4) is 0 Å². The molecule has 0 heterocycles. The number of primary amides is 2. The molecular weight excluding hydrogens is 428 g/mol. The van der Waals surface area contributed by atoms with Gasteiger partial charge < -0.3 is 26.4 Å². The number of carbonyl (C=O) groups excluding carboxylic acids is 2. The maximum Gasteiger partial charge on any atom is 0.402 e. The van der Waals surface area contributed by atoms with Crippen molar-refractivity contribution in [3.05, 3.63) is 24.8 Å². The molecule has 0 aromatic heterocycles. The lowest BCUT2D eigenvalue weighted by Gasteiger charge is -2.62. The Balaban J connectivity index is 0. The highest BCUT2D eigenvalue weighted by Crippen LogP contribution is 2.65. The Kier molecular flexibility index (Phi) is 13.4. The minimum Gasteiger partial charge on any atom is -0.465 e. The van der Waals surface area contributed by atoms with Crippen LogP contribution in [-0.4, -0.2) is 40.8 Å². The highest BCUT2D eigenvalue weighted by molar-refractivity contribution is 5.89. The first-order valence-electron chi connectivity index (χ1n) is 10.8. The van der Waals surface area contributed by atoms with Crippen molar-refractivity contribution in [3.63, 3.8) is 0 Å². The summed E-state index contributed by atoms with van der Waals surface area (Å²) in [4.78, 5) is 41.2. The third kappa shape index (κ3) is 10.1. The zero-order valence-electron chi connectivity index (χ0n) is 20.9. The van der Waals surface area contributed by atoms with Crippen LogP contribution in [-0.2, 0) is 14.3 Å². The normalized spacial score (nSPS) is 25.1. The first kappa shape index (κ1) is 32.3. The number of allylic oxidation sites excluding steroid dienone is 1. The molecule has 1 rings (SSSR count). The van der Waals surface area contributed by atoms with Crippen LogP contribution < -0.4 is 11.5 Å². The molecule has 0 aliphatic heterocycles. The molecule has 0 aromatic rings. The van der Waals surface area contributed by atoms with Crippen LogP contribution in [0.15, 0.2) is 24.8 Å². The van der Waals surface area contributed by atoms with Crippen LogP contribution in [0.5, 0.6) is 0 Å². The molecule has 6 N–H and O–H groups in total. The number of ether oxygens (including phenoxy) is 1. The summed E-state index contributed by atoms with van der Waals surface area (Å²) < 4.78 is 5.42. The Morgan fingerprint density at radius 3 is 1.91 bits per heavy atom. The lowest BCUT2D eigenvalue weighted by Crippen LogP contribution is -2.55. The molecule has 0 bridgehead atoms. The lowest BCUT2D eigenvalue weighted by atomic mass is 9.42. The molecule has 2 amide bonds. The van der Waals surface area contributed by atoms with Gasteiger partial charge >= 0.3 is 18.2 Å². The molecule has 1 fully saturated rings. The predicted octanol–water partition coefficient (Wildman–Crippen LogP) is 4.75. The van der Waals surface area contributed by atoms with Gasteiger partial charge in [0.1, 0.15) is 0 Å². The fourth-order valence-corrected chi connectivity index (χ4v) is 4.59. The van der Waals surface area contributed by atoms with Gasteiger partial charge in [0.25, 0.3) is 0 Å². The van der Waals surface area contributed by atoms with Crippen molar-refractivity contribution in [2.24, 2.45) is 33.6 Å². The van der Waals surface area contributed by atoms with Crippen LogP contribution in [0.1, 0.15) is 73.6 Å². The molecule has 190 valence electrons. The van der Waals surface area contributed by atoms with Gasteiger partial charge in [-0.3, -0.25) is 4.79 Å². The summed E-state index contributed by atoms with van der Waals surface area (Å²) >= 11 is 0. The van der Waals surface area contributed by atoms with Gasteiger partial charge in [0, 0.05) is 12.0 Å². The van der Waals surface area contributed by atoms with Gasteiger partial charge in [0.15, 0.2) is 5.78 Å². The Morgan fingerprint density at radius 1 is 1.06 bits per heavy atom. The highest BCUT2D eigenvalue weighted by atomic mass is 16.5. The minimum atomic E-state index is -1.33. The summed E-state index contributed by atoms with van der Waals surface area (Å²) in [5.74, 6) is 0.293. The SMILES string of the molecule is C=CC(=O)CCC1(C)C(C)CCC(C)(C)C1(C)CCOC(=O)C(=C)C.NC(=O)O.NC(=O)O. The maximum atomic E-state index is 11.9. The number of ketones is 1. The first-order chi connectivity index (χ1) is 14.9.